The molecule has 0 aromatic heterocycles. The topological polar surface area (TPSA) is 213 Å². The van der Waals surface area contributed by atoms with Gasteiger partial charge in [0.2, 0.25) is 11.9 Å². The molecule has 188 valence electrons. The first-order valence-electron chi connectivity index (χ1n) is 10.6. The molecule has 3 fully saturated rings. The summed E-state index contributed by atoms with van der Waals surface area (Å²) < 4.78 is 21.1. The lowest BCUT2D eigenvalue weighted by molar-refractivity contribution is -0.277. The Hall–Kier alpha value is -2.36. The summed E-state index contributed by atoms with van der Waals surface area (Å²) in [7, 11) is 0. The van der Waals surface area contributed by atoms with Gasteiger partial charge in [-0.1, -0.05) is 12.1 Å². The van der Waals surface area contributed by atoms with Gasteiger partial charge in [0, 0.05) is 5.92 Å². The molecular formula is C21H26O13. The summed E-state index contributed by atoms with van der Waals surface area (Å²) in [6.07, 6.45) is -12.4. The summed E-state index contributed by atoms with van der Waals surface area (Å²) in [4.78, 5) is 24.8. The molecule has 3 heterocycles. The first-order chi connectivity index (χ1) is 16.1. The van der Waals surface area contributed by atoms with Crippen molar-refractivity contribution >= 4 is 11.9 Å². The van der Waals surface area contributed by atoms with E-state index in [2.05, 4.69) is 0 Å². The zero-order chi connectivity index (χ0) is 24.8. The van der Waals surface area contributed by atoms with Crippen molar-refractivity contribution in [2.75, 3.05) is 13.2 Å². The Morgan fingerprint density at radius 2 is 1.71 bits per heavy atom. The molecule has 0 radical (unpaired) electrons. The van der Waals surface area contributed by atoms with Crippen molar-refractivity contribution in [3.05, 3.63) is 29.8 Å². The minimum Gasteiger partial charge on any atom is -0.462 e. The maximum absolute atomic E-state index is 12.7. The second-order valence-corrected chi connectivity index (χ2v) is 8.47. The van der Waals surface area contributed by atoms with Gasteiger partial charge in [-0.05, 0) is 17.7 Å². The zero-order valence-corrected chi connectivity index (χ0v) is 17.7. The SMILES string of the molecule is O=C1CC(c2ccc(O[C@H]3O[C@H](CO)[C@@H](O)[C@H](O)[C@H]3O)cc2)C2(O1)C(=O)OC(C(O)CO)C2O. The van der Waals surface area contributed by atoms with E-state index in [-0.39, 0.29) is 12.2 Å². The molecule has 3 saturated heterocycles. The smallest absolute Gasteiger partial charge is 0.354 e. The summed E-state index contributed by atoms with van der Waals surface area (Å²) in [5.41, 5.74) is -1.71. The summed E-state index contributed by atoms with van der Waals surface area (Å²) >= 11 is 0. The number of aliphatic hydroxyl groups is 7. The molecule has 3 aliphatic rings. The standard InChI is InChI=1S/C21H26O13/c22-6-11(24)17-18(29)21(20(30)33-17)10(5-13(25)34-21)8-1-3-9(4-2-8)31-19-16(28)15(27)14(26)12(7-23)32-19/h1-4,10-12,14-19,22-24,26-29H,5-7H2/t10?,11?,12-,14-,15+,16-,17?,18?,19+,21?/m1/s1. The van der Waals surface area contributed by atoms with E-state index in [1.807, 2.05) is 0 Å². The second-order valence-electron chi connectivity index (χ2n) is 8.47. The molecule has 3 aliphatic heterocycles. The van der Waals surface area contributed by atoms with E-state index >= 15 is 0 Å². The Kier molecular flexibility index (Phi) is 6.81. The highest BCUT2D eigenvalue weighted by Gasteiger charge is 2.69. The van der Waals surface area contributed by atoms with Crippen LogP contribution < -0.4 is 4.74 Å². The third kappa shape index (κ3) is 3.93. The largest absolute Gasteiger partial charge is 0.462 e. The molecule has 0 aliphatic carbocycles. The molecule has 0 bridgehead atoms. The van der Waals surface area contributed by atoms with Crippen LogP contribution in [-0.2, 0) is 23.8 Å². The van der Waals surface area contributed by atoms with E-state index in [1.54, 1.807) is 0 Å². The van der Waals surface area contributed by atoms with Gasteiger partial charge in [-0.3, -0.25) is 4.79 Å². The lowest BCUT2D eigenvalue weighted by Crippen LogP contribution is -2.60. The van der Waals surface area contributed by atoms with Crippen molar-refractivity contribution in [1.29, 1.82) is 0 Å². The van der Waals surface area contributed by atoms with Gasteiger partial charge in [-0.15, -0.1) is 0 Å². The lowest BCUT2D eigenvalue weighted by Gasteiger charge is -2.39. The number of hydrogen-bond acceptors (Lipinski definition) is 13. The normalized spacial score (nSPS) is 40.8. The molecule has 10 atom stereocenters. The fourth-order valence-corrected chi connectivity index (χ4v) is 4.55. The maximum atomic E-state index is 12.7. The molecule has 1 spiro atoms. The molecule has 0 amide bonds. The monoisotopic (exact) mass is 486 g/mol. The van der Waals surface area contributed by atoms with Crippen LogP contribution in [0.15, 0.2) is 24.3 Å². The van der Waals surface area contributed by atoms with Gasteiger partial charge in [-0.25, -0.2) is 4.79 Å². The molecule has 1 aromatic carbocycles. The molecule has 13 heteroatoms. The average molecular weight is 486 g/mol. The minimum absolute atomic E-state index is 0.149. The van der Waals surface area contributed by atoms with Crippen molar-refractivity contribution in [2.45, 2.75) is 67.0 Å². The minimum atomic E-state index is -2.10. The van der Waals surface area contributed by atoms with Gasteiger partial charge in [0.1, 0.15) is 42.4 Å². The number of carbonyl (C=O) groups excluding carboxylic acids is 2. The van der Waals surface area contributed by atoms with E-state index < -0.39 is 85.7 Å². The molecule has 1 aromatic rings. The number of aliphatic hydroxyl groups excluding tert-OH is 7. The maximum Gasteiger partial charge on any atom is 0.354 e. The van der Waals surface area contributed by atoms with Crippen molar-refractivity contribution < 1.29 is 64.3 Å². The first kappa shape index (κ1) is 24.8. The van der Waals surface area contributed by atoms with Crippen molar-refractivity contribution in [3.63, 3.8) is 0 Å². The van der Waals surface area contributed by atoms with E-state index in [9.17, 15) is 40.2 Å². The average Bonchev–Trinajstić information content (AvgIpc) is 3.31. The molecule has 4 rings (SSSR count). The highest BCUT2D eigenvalue weighted by molar-refractivity contribution is 5.91. The van der Waals surface area contributed by atoms with Crippen LogP contribution in [0.5, 0.6) is 5.75 Å². The Morgan fingerprint density at radius 1 is 1.03 bits per heavy atom. The van der Waals surface area contributed by atoms with Gasteiger partial charge in [0.05, 0.1) is 19.6 Å². The number of benzene rings is 1. The quantitative estimate of drug-likeness (QED) is 0.193. The molecule has 0 saturated carbocycles. The van der Waals surface area contributed by atoms with Crippen LogP contribution in [0.25, 0.3) is 0 Å². The van der Waals surface area contributed by atoms with Crippen LogP contribution >= 0.6 is 0 Å². The van der Waals surface area contributed by atoms with Crippen LogP contribution in [0.1, 0.15) is 17.9 Å². The predicted molar refractivity (Wildman–Crippen MR) is 106 cm³/mol. The Bertz CT molecular complexity index is 904. The summed E-state index contributed by atoms with van der Waals surface area (Å²) in [6, 6.07) is 5.78. The van der Waals surface area contributed by atoms with E-state index in [4.69, 9.17) is 24.1 Å². The fourth-order valence-electron chi connectivity index (χ4n) is 4.55. The van der Waals surface area contributed by atoms with Gasteiger partial charge in [-0.2, -0.15) is 0 Å². The van der Waals surface area contributed by atoms with Crippen LogP contribution in [0.3, 0.4) is 0 Å². The Morgan fingerprint density at radius 3 is 2.32 bits per heavy atom. The lowest BCUT2D eigenvalue weighted by atomic mass is 9.77. The Labute approximate surface area is 192 Å². The third-order valence-corrected chi connectivity index (χ3v) is 6.43. The molecule has 13 nitrogen and oxygen atoms in total. The number of hydrogen-bond donors (Lipinski definition) is 7. The van der Waals surface area contributed by atoms with Gasteiger partial charge in [0.15, 0.2) is 6.10 Å². The number of ether oxygens (including phenoxy) is 4. The van der Waals surface area contributed by atoms with Crippen LogP contribution in [0.4, 0.5) is 0 Å². The van der Waals surface area contributed by atoms with E-state index in [0.717, 1.165) is 0 Å². The van der Waals surface area contributed by atoms with Crippen LogP contribution in [0, 0.1) is 0 Å². The van der Waals surface area contributed by atoms with E-state index in [1.165, 1.54) is 24.3 Å². The summed E-state index contributed by atoms with van der Waals surface area (Å²) in [5.74, 6) is -2.63. The van der Waals surface area contributed by atoms with Gasteiger partial charge in [0.25, 0.3) is 0 Å². The highest BCUT2D eigenvalue weighted by Crippen LogP contribution is 2.49. The van der Waals surface area contributed by atoms with Crippen LogP contribution in [0.2, 0.25) is 0 Å². The van der Waals surface area contributed by atoms with Crippen molar-refractivity contribution in [3.8, 4) is 5.75 Å². The summed E-state index contributed by atoms with van der Waals surface area (Å²) in [6.45, 7) is -1.40. The van der Waals surface area contributed by atoms with E-state index in [0.29, 0.717) is 5.56 Å². The second kappa shape index (κ2) is 9.36. The van der Waals surface area contributed by atoms with Crippen molar-refractivity contribution in [2.24, 2.45) is 0 Å². The highest BCUT2D eigenvalue weighted by atomic mass is 16.7. The van der Waals surface area contributed by atoms with Gasteiger partial charge < -0.3 is 54.7 Å². The fraction of sp³-hybridized carbons (Fsp3) is 0.619. The van der Waals surface area contributed by atoms with Gasteiger partial charge >= 0.3 is 11.9 Å². The predicted octanol–water partition coefficient (Wildman–Crippen LogP) is -3.73. The van der Waals surface area contributed by atoms with Crippen LogP contribution in [-0.4, -0.2) is 116 Å². The number of cyclic esters (lactones) is 1. The molecule has 7 N–H and O–H groups in total. The molecule has 5 unspecified atom stereocenters. The number of rotatable bonds is 6. The molecular weight excluding hydrogens is 460 g/mol. The number of carbonyl (C=O) groups is 2. The Balaban J connectivity index is 1.54. The zero-order valence-electron chi connectivity index (χ0n) is 17.7. The van der Waals surface area contributed by atoms with Crippen molar-refractivity contribution in [1.82, 2.24) is 0 Å². The summed E-state index contributed by atoms with van der Waals surface area (Å²) in [5, 5.41) is 68.9. The molecule has 34 heavy (non-hydrogen) atoms. The number of esters is 2. The third-order valence-electron chi connectivity index (χ3n) is 6.43. The first-order valence-corrected chi connectivity index (χ1v) is 10.6.